The Kier molecular flexibility index (Phi) is 3.81. The van der Waals surface area contributed by atoms with Gasteiger partial charge in [-0.3, -0.25) is 4.98 Å². The van der Waals surface area contributed by atoms with Crippen LogP contribution >= 0.6 is 15.9 Å². The zero-order chi connectivity index (χ0) is 13.9. The SMILES string of the molecule is OC(c1ccccc1)C(Br)c1ccc2ccccc2n1. The molecule has 0 bridgehead atoms. The maximum absolute atomic E-state index is 10.4. The molecule has 3 heteroatoms. The number of nitrogens with zero attached hydrogens (tertiary/aromatic N) is 1. The fourth-order valence-corrected chi connectivity index (χ4v) is 2.78. The average molecular weight is 328 g/mol. The fourth-order valence-electron chi connectivity index (χ4n) is 2.22. The van der Waals surface area contributed by atoms with Gasteiger partial charge in [0.1, 0.15) is 0 Å². The highest BCUT2D eigenvalue weighted by Crippen LogP contribution is 2.35. The van der Waals surface area contributed by atoms with Crippen LogP contribution in [0.2, 0.25) is 0 Å². The van der Waals surface area contributed by atoms with Gasteiger partial charge >= 0.3 is 0 Å². The number of benzene rings is 2. The molecule has 1 N–H and O–H groups in total. The van der Waals surface area contributed by atoms with E-state index < -0.39 is 6.10 Å². The lowest BCUT2D eigenvalue weighted by molar-refractivity contribution is 0.176. The zero-order valence-electron chi connectivity index (χ0n) is 10.8. The van der Waals surface area contributed by atoms with Crippen LogP contribution in [0.5, 0.6) is 0 Å². The summed E-state index contributed by atoms with van der Waals surface area (Å²) in [5, 5.41) is 11.5. The van der Waals surface area contributed by atoms with Crippen LogP contribution in [0.3, 0.4) is 0 Å². The van der Waals surface area contributed by atoms with Crippen molar-refractivity contribution in [3.8, 4) is 0 Å². The summed E-state index contributed by atoms with van der Waals surface area (Å²) >= 11 is 3.56. The third-order valence-corrected chi connectivity index (χ3v) is 4.29. The second-order valence-electron chi connectivity index (χ2n) is 4.69. The molecule has 0 saturated carbocycles. The standard InChI is InChI=1S/C17H14BrNO/c18-16(17(20)13-7-2-1-3-8-13)15-11-10-12-6-4-5-9-14(12)19-15/h1-11,16-17,20H. The van der Waals surface area contributed by atoms with Gasteiger partial charge in [0, 0.05) is 5.39 Å². The lowest BCUT2D eigenvalue weighted by atomic mass is 10.0. The molecule has 2 aromatic carbocycles. The Bertz CT molecular complexity index is 714. The smallest absolute Gasteiger partial charge is 0.0971 e. The van der Waals surface area contributed by atoms with Crippen molar-refractivity contribution in [2.24, 2.45) is 0 Å². The van der Waals surface area contributed by atoms with E-state index >= 15 is 0 Å². The van der Waals surface area contributed by atoms with Crippen molar-refractivity contribution in [3.05, 3.63) is 78.0 Å². The van der Waals surface area contributed by atoms with Gasteiger partial charge in [-0.1, -0.05) is 70.5 Å². The highest BCUT2D eigenvalue weighted by Gasteiger charge is 2.21. The number of fused-ring (bicyclic) bond motifs is 1. The van der Waals surface area contributed by atoms with E-state index in [1.807, 2.05) is 66.7 Å². The van der Waals surface area contributed by atoms with Crippen LogP contribution in [0.15, 0.2) is 66.7 Å². The lowest BCUT2D eigenvalue weighted by Crippen LogP contribution is -2.06. The minimum absolute atomic E-state index is 0.227. The molecule has 0 aliphatic heterocycles. The summed E-state index contributed by atoms with van der Waals surface area (Å²) < 4.78 is 0. The van der Waals surface area contributed by atoms with E-state index in [2.05, 4.69) is 20.9 Å². The molecule has 3 rings (SSSR count). The maximum Gasteiger partial charge on any atom is 0.0971 e. The number of aliphatic hydroxyl groups excluding tert-OH is 1. The predicted molar refractivity (Wildman–Crippen MR) is 84.8 cm³/mol. The molecule has 0 saturated heterocycles. The van der Waals surface area contributed by atoms with Crippen molar-refractivity contribution >= 4 is 26.8 Å². The van der Waals surface area contributed by atoms with Crippen molar-refractivity contribution in [1.29, 1.82) is 0 Å². The largest absolute Gasteiger partial charge is 0.387 e. The second-order valence-corrected chi connectivity index (χ2v) is 5.67. The molecule has 2 nitrogen and oxygen atoms in total. The van der Waals surface area contributed by atoms with Crippen LogP contribution < -0.4 is 0 Å². The first kappa shape index (κ1) is 13.3. The first-order chi connectivity index (χ1) is 9.75. The van der Waals surface area contributed by atoms with Gasteiger partial charge < -0.3 is 5.11 Å². The summed E-state index contributed by atoms with van der Waals surface area (Å²) in [5.41, 5.74) is 2.65. The number of aliphatic hydroxyl groups is 1. The molecule has 0 aliphatic carbocycles. The molecule has 0 radical (unpaired) electrons. The van der Waals surface area contributed by atoms with E-state index in [4.69, 9.17) is 0 Å². The minimum atomic E-state index is -0.620. The molecular formula is C17H14BrNO. The van der Waals surface area contributed by atoms with Gasteiger partial charge in [-0.05, 0) is 17.7 Å². The molecule has 100 valence electrons. The zero-order valence-corrected chi connectivity index (χ0v) is 12.4. The van der Waals surface area contributed by atoms with Gasteiger partial charge in [0.15, 0.2) is 0 Å². The number of aromatic nitrogens is 1. The first-order valence-corrected chi connectivity index (χ1v) is 7.40. The molecule has 2 atom stereocenters. The van der Waals surface area contributed by atoms with Crippen molar-refractivity contribution < 1.29 is 5.11 Å². The number of alkyl halides is 1. The Hall–Kier alpha value is -1.71. The quantitative estimate of drug-likeness (QED) is 0.723. The molecule has 3 aromatic rings. The van der Waals surface area contributed by atoms with Crippen LogP contribution in [0.1, 0.15) is 22.2 Å². The molecular weight excluding hydrogens is 314 g/mol. The topological polar surface area (TPSA) is 33.1 Å². The van der Waals surface area contributed by atoms with Gasteiger partial charge in [-0.2, -0.15) is 0 Å². The van der Waals surface area contributed by atoms with E-state index in [0.717, 1.165) is 22.2 Å². The van der Waals surface area contributed by atoms with Gasteiger partial charge in [0.2, 0.25) is 0 Å². The minimum Gasteiger partial charge on any atom is -0.387 e. The van der Waals surface area contributed by atoms with Gasteiger partial charge in [0.25, 0.3) is 0 Å². The Labute approximate surface area is 126 Å². The number of para-hydroxylation sites is 1. The number of hydrogen-bond donors (Lipinski definition) is 1. The maximum atomic E-state index is 10.4. The Balaban J connectivity index is 1.94. The second kappa shape index (κ2) is 5.73. The molecule has 1 heterocycles. The van der Waals surface area contributed by atoms with E-state index in [9.17, 15) is 5.11 Å². The molecule has 0 fully saturated rings. The van der Waals surface area contributed by atoms with Crippen LogP contribution in [0.25, 0.3) is 10.9 Å². The Morgan fingerprint density at radius 1 is 0.850 bits per heavy atom. The van der Waals surface area contributed by atoms with Gasteiger partial charge in [-0.25, -0.2) is 0 Å². The summed E-state index contributed by atoms with van der Waals surface area (Å²) in [5.74, 6) is 0. The summed E-state index contributed by atoms with van der Waals surface area (Å²) in [6.07, 6.45) is -0.620. The van der Waals surface area contributed by atoms with Crippen LogP contribution in [-0.2, 0) is 0 Å². The fraction of sp³-hybridized carbons (Fsp3) is 0.118. The number of halogens is 1. The molecule has 1 aromatic heterocycles. The molecule has 20 heavy (non-hydrogen) atoms. The summed E-state index contributed by atoms with van der Waals surface area (Å²) in [6, 6.07) is 21.6. The lowest BCUT2D eigenvalue weighted by Gasteiger charge is -2.17. The van der Waals surface area contributed by atoms with Crippen molar-refractivity contribution in [1.82, 2.24) is 4.98 Å². The molecule has 0 aliphatic rings. The Morgan fingerprint density at radius 2 is 1.55 bits per heavy atom. The van der Waals surface area contributed by atoms with Gasteiger partial charge in [0.05, 0.1) is 22.1 Å². The van der Waals surface area contributed by atoms with E-state index in [1.54, 1.807) is 0 Å². The highest BCUT2D eigenvalue weighted by atomic mass is 79.9. The molecule has 0 spiro atoms. The molecule has 2 unspecified atom stereocenters. The first-order valence-electron chi connectivity index (χ1n) is 6.48. The Morgan fingerprint density at radius 3 is 2.35 bits per heavy atom. The van der Waals surface area contributed by atoms with E-state index in [-0.39, 0.29) is 4.83 Å². The average Bonchev–Trinajstić information content (AvgIpc) is 2.54. The summed E-state index contributed by atoms with van der Waals surface area (Å²) in [4.78, 5) is 4.39. The monoisotopic (exact) mass is 327 g/mol. The van der Waals surface area contributed by atoms with Crippen LogP contribution in [0.4, 0.5) is 0 Å². The van der Waals surface area contributed by atoms with Crippen LogP contribution in [-0.4, -0.2) is 10.1 Å². The van der Waals surface area contributed by atoms with Crippen molar-refractivity contribution in [2.75, 3.05) is 0 Å². The number of rotatable bonds is 3. The molecule has 0 amide bonds. The summed E-state index contributed by atoms with van der Waals surface area (Å²) in [7, 11) is 0. The van der Waals surface area contributed by atoms with Crippen LogP contribution in [0, 0.1) is 0 Å². The third-order valence-electron chi connectivity index (χ3n) is 3.32. The van der Waals surface area contributed by atoms with Crippen molar-refractivity contribution in [2.45, 2.75) is 10.9 Å². The highest BCUT2D eigenvalue weighted by molar-refractivity contribution is 9.09. The van der Waals surface area contributed by atoms with E-state index in [1.165, 1.54) is 0 Å². The van der Waals surface area contributed by atoms with E-state index in [0.29, 0.717) is 0 Å². The summed E-state index contributed by atoms with van der Waals surface area (Å²) in [6.45, 7) is 0. The third kappa shape index (κ3) is 2.60. The normalized spacial score (nSPS) is 14.1. The van der Waals surface area contributed by atoms with Crippen molar-refractivity contribution in [3.63, 3.8) is 0 Å². The predicted octanol–water partition coefficient (Wildman–Crippen LogP) is 4.40. The number of hydrogen-bond acceptors (Lipinski definition) is 2. The number of pyridine rings is 1. The van der Waals surface area contributed by atoms with Gasteiger partial charge in [-0.15, -0.1) is 0 Å².